The summed E-state index contributed by atoms with van der Waals surface area (Å²) in [5, 5.41) is 3.47. The number of ether oxygens (including phenoxy) is 3. The molecule has 8 heteroatoms. The van der Waals surface area contributed by atoms with Crippen LogP contribution in [0.2, 0.25) is 0 Å². The molecule has 0 radical (unpaired) electrons. The lowest BCUT2D eigenvalue weighted by Gasteiger charge is -2.32. The normalized spacial score (nSPS) is 13.5. The van der Waals surface area contributed by atoms with E-state index < -0.39 is 0 Å². The topological polar surface area (TPSA) is 68.5 Å². The first kappa shape index (κ1) is 23.3. The summed E-state index contributed by atoms with van der Waals surface area (Å²) in [7, 11) is 5.03. The van der Waals surface area contributed by atoms with Crippen LogP contribution in [0, 0.1) is 0 Å². The molecule has 1 aromatic carbocycles. The number of fused-ring (bicyclic) bond motifs is 1. The highest BCUT2D eigenvalue weighted by atomic mass is 127. The Balaban J connectivity index is 0.00000300. The third-order valence-corrected chi connectivity index (χ3v) is 4.81. The average Bonchev–Trinajstić information content (AvgIpc) is 3.24. The van der Waals surface area contributed by atoms with Crippen molar-refractivity contribution >= 4 is 29.9 Å². The van der Waals surface area contributed by atoms with Crippen LogP contribution in [0.4, 0.5) is 0 Å². The number of nitrogens with one attached hydrogen (secondary N) is 1. The third kappa shape index (κ3) is 6.27. The smallest absolute Gasteiger partial charge is 0.194 e. The van der Waals surface area contributed by atoms with E-state index in [1.807, 2.05) is 12.1 Å². The van der Waals surface area contributed by atoms with Gasteiger partial charge in [-0.1, -0.05) is 0 Å². The van der Waals surface area contributed by atoms with Crippen molar-refractivity contribution in [3.63, 3.8) is 0 Å². The quantitative estimate of drug-likeness (QED) is 0.252. The number of furan rings is 1. The van der Waals surface area contributed by atoms with E-state index in [1.165, 1.54) is 11.1 Å². The van der Waals surface area contributed by atoms with Crippen LogP contribution in [0.15, 0.2) is 39.9 Å². The maximum Gasteiger partial charge on any atom is 0.194 e. The number of nitrogens with zero attached hydrogens (tertiary/aromatic N) is 2. The Kier molecular flexibility index (Phi) is 9.59. The molecule has 2 heterocycles. The van der Waals surface area contributed by atoms with Crippen LogP contribution in [-0.4, -0.2) is 58.4 Å². The lowest BCUT2D eigenvalue weighted by molar-refractivity contribution is 0.207. The maximum absolute atomic E-state index is 5.47. The minimum absolute atomic E-state index is 0. The number of methoxy groups -OCH3 is 3. The summed E-state index contributed by atoms with van der Waals surface area (Å²) in [5.41, 5.74) is 2.52. The van der Waals surface area contributed by atoms with Gasteiger partial charge in [0.25, 0.3) is 0 Å². The third-order valence-electron chi connectivity index (χ3n) is 4.81. The minimum atomic E-state index is 0. The highest BCUT2D eigenvalue weighted by Gasteiger charge is 2.21. The van der Waals surface area contributed by atoms with E-state index in [1.54, 1.807) is 27.6 Å². The van der Waals surface area contributed by atoms with Crippen molar-refractivity contribution in [2.24, 2.45) is 4.99 Å². The summed E-state index contributed by atoms with van der Waals surface area (Å²) < 4.78 is 21.5. The highest BCUT2D eigenvalue weighted by molar-refractivity contribution is 14.0. The Hall–Kier alpha value is -1.94. The van der Waals surface area contributed by atoms with E-state index in [9.17, 15) is 0 Å². The van der Waals surface area contributed by atoms with Gasteiger partial charge < -0.3 is 28.8 Å². The lowest BCUT2D eigenvalue weighted by atomic mass is 9.99. The molecule has 3 rings (SSSR count). The molecule has 7 nitrogen and oxygen atoms in total. The van der Waals surface area contributed by atoms with Gasteiger partial charge in [0.2, 0.25) is 0 Å². The van der Waals surface area contributed by atoms with Crippen molar-refractivity contribution < 1.29 is 18.6 Å². The summed E-state index contributed by atoms with van der Waals surface area (Å²) in [6.45, 7) is 3.64. The van der Waals surface area contributed by atoms with Crippen LogP contribution in [-0.2, 0) is 24.1 Å². The summed E-state index contributed by atoms with van der Waals surface area (Å²) in [6.07, 6.45) is 3.44. The molecule has 160 valence electrons. The second kappa shape index (κ2) is 11.9. The molecule has 0 unspecified atom stereocenters. The number of hydrogen-bond donors (Lipinski definition) is 1. The number of hydrogen-bond acceptors (Lipinski definition) is 5. The van der Waals surface area contributed by atoms with Gasteiger partial charge in [-0.15, -0.1) is 24.0 Å². The average molecular weight is 515 g/mol. The van der Waals surface area contributed by atoms with Gasteiger partial charge in [-0.2, -0.15) is 0 Å². The van der Waals surface area contributed by atoms with E-state index in [4.69, 9.17) is 23.6 Å². The number of guanidine groups is 1. The van der Waals surface area contributed by atoms with Gasteiger partial charge >= 0.3 is 0 Å². The first-order valence-corrected chi connectivity index (χ1v) is 9.53. The summed E-state index contributed by atoms with van der Waals surface area (Å²) in [4.78, 5) is 7.00. The molecule has 0 fully saturated rings. The minimum Gasteiger partial charge on any atom is -0.493 e. The molecule has 1 aliphatic rings. The number of aliphatic imine (C=N–C) groups is 1. The maximum atomic E-state index is 5.47. The SMILES string of the molecule is COCCN=C(NCCc1ccco1)N1CCc2cc(OC)c(OC)cc2C1.I. The number of benzene rings is 1. The van der Waals surface area contributed by atoms with Gasteiger partial charge in [0.05, 0.1) is 33.6 Å². The van der Waals surface area contributed by atoms with Crippen molar-refractivity contribution in [2.75, 3.05) is 47.6 Å². The van der Waals surface area contributed by atoms with E-state index in [-0.39, 0.29) is 24.0 Å². The zero-order valence-electron chi connectivity index (χ0n) is 17.3. The zero-order valence-corrected chi connectivity index (χ0v) is 19.6. The molecular formula is C21H30IN3O4. The molecule has 0 spiro atoms. The van der Waals surface area contributed by atoms with E-state index in [0.29, 0.717) is 13.2 Å². The summed E-state index contributed by atoms with van der Waals surface area (Å²) in [6, 6.07) is 8.04. The van der Waals surface area contributed by atoms with Crippen molar-refractivity contribution in [1.82, 2.24) is 10.2 Å². The van der Waals surface area contributed by atoms with Gasteiger partial charge in [0, 0.05) is 33.2 Å². The van der Waals surface area contributed by atoms with E-state index >= 15 is 0 Å². The van der Waals surface area contributed by atoms with Gasteiger partial charge in [-0.3, -0.25) is 4.99 Å². The molecular weight excluding hydrogens is 485 g/mol. The fourth-order valence-corrected chi connectivity index (χ4v) is 3.33. The van der Waals surface area contributed by atoms with Gasteiger partial charge in [-0.25, -0.2) is 0 Å². The van der Waals surface area contributed by atoms with Gasteiger partial charge in [0.15, 0.2) is 17.5 Å². The Morgan fingerprint density at radius 3 is 2.59 bits per heavy atom. The van der Waals surface area contributed by atoms with Crippen LogP contribution in [0.25, 0.3) is 0 Å². The van der Waals surface area contributed by atoms with Crippen LogP contribution in [0.3, 0.4) is 0 Å². The molecule has 0 saturated heterocycles. The molecule has 1 aliphatic heterocycles. The van der Waals surface area contributed by atoms with Crippen molar-refractivity contribution in [3.05, 3.63) is 47.4 Å². The lowest BCUT2D eigenvalue weighted by Crippen LogP contribution is -2.45. The second-order valence-corrected chi connectivity index (χ2v) is 6.60. The second-order valence-electron chi connectivity index (χ2n) is 6.60. The number of halogens is 1. The molecule has 2 aromatic rings. The van der Waals surface area contributed by atoms with E-state index in [2.05, 4.69) is 22.3 Å². The first-order chi connectivity index (χ1) is 13.7. The Bertz CT molecular complexity index is 780. The van der Waals surface area contributed by atoms with Gasteiger partial charge in [-0.05, 0) is 41.8 Å². The fourth-order valence-electron chi connectivity index (χ4n) is 3.33. The van der Waals surface area contributed by atoms with Crippen LogP contribution < -0.4 is 14.8 Å². The predicted molar refractivity (Wildman–Crippen MR) is 124 cm³/mol. The molecule has 1 N–H and O–H groups in total. The van der Waals surface area contributed by atoms with Crippen molar-refractivity contribution in [3.8, 4) is 11.5 Å². The molecule has 0 atom stereocenters. The molecule has 0 bridgehead atoms. The Labute approximate surface area is 189 Å². The Morgan fingerprint density at radius 2 is 1.93 bits per heavy atom. The molecule has 0 aliphatic carbocycles. The highest BCUT2D eigenvalue weighted by Crippen LogP contribution is 2.33. The fraction of sp³-hybridized carbons (Fsp3) is 0.476. The largest absolute Gasteiger partial charge is 0.493 e. The molecule has 0 saturated carbocycles. The first-order valence-electron chi connectivity index (χ1n) is 9.53. The molecule has 0 amide bonds. The molecule has 29 heavy (non-hydrogen) atoms. The van der Waals surface area contributed by atoms with E-state index in [0.717, 1.165) is 55.7 Å². The summed E-state index contributed by atoms with van der Waals surface area (Å²) >= 11 is 0. The van der Waals surface area contributed by atoms with Gasteiger partial charge in [0.1, 0.15) is 5.76 Å². The standard InChI is InChI=1S/C21H29N3O4.HI/c1-25-12-9-23-21(22-8-6-18-5-4-11-28-18)24-10-7-16-13-19(26-2)20(27-3)14-17(16)15-24;/h4-5,11,13-14H,6-10,12,15H2,1-3H3,(H,22,23);1H. The van der Waals surface area contributed by atoms with Crippen molar-refractivity contribution in [2.45, 2.75) is 19.4 Å². The van der Waals surface area contributed by atoms with Crippen LogP contribution in [0.1, 0.15) is 16.9 Å². The molecule has 1 aromatic heterocycles. The Morgan fingerprint density at radius 1 is 1.17 bits per heavy atom. The van der Waals surface area contributed by atoms with Crippen LogP contribution in [0.5, 0.6) is 11.5 Å². The predicted octanol–water partition coefficient (Wildman–Crippen LogP) is 3.11. The summed E-state index contributed by atoms with van der Waals surface area (Å²) in [5.74, 6) is 3.39. The zero-order chi connectivity index (χ0) is 19.8. The monoisotopic (exact) mass is 515 g/mol. The van der Waals surface area contributed by atoms with Crippen LogP contribution >= 0.6 is 24.0 Å². The number of rotatable bonds is 8. The van der Waals surface area contributed by atoms with Crippen molar-refractivity contribution in [1.29, 1.82) is 0 Å².